The van der Waals surface area contributed by atoms with Crippen molar-refractivity contribution in [3.8, 4) is 17.2 Å². The third-order valence-electron chi connectivity index (χ3n) is 4.07. The van der Waals surface area contributed by atoms with Crippen LogP contribution in [0.4, 0.5) is 5.69 Å². The number of nitrogens with one attached hydrogen (secondary N) is 1. The molecule has 1 unspecified atom stereocenters. The molecule has 3 aromatic carbocycles. The van der Waals surface area contributed by atoms with E-state index in [2.05, 4.69) is 17.4 Å². The second-order valence-electron chi connectivity index (χ2n) is 6.26. The number of hydrogen-bond donors (Lipinski definition) is 1. The predicted molar refractivity (Wildman–Crippen MR) is 109 cm³/mol. The van der Waals surface area contributed by atoms with Crippen molar-refractivity contribution in [2.75, 3.05) is 19.0 Å². The van der Waals surface area contributed by atoms with Gasteiger partial charge in [0.2, 0.25) is 0 Å². The van der Waals surface area contributed by atoms with Crippen LogP contribution < -0.4 is 19.5 Å². The molecule has 0 heterocycles. The van der Waals surface area contributed by atoms with Crippen LogP contribution in [0.5, 0.6) is 17.2 Å². The highest BCUT2D eigenvalue weighted by atomic mass is 16.5. The summed E-state index contributed by atoms with van der Waals surface area (Å²) in [6.07, 6.45) is -0.0183. The molecule has 4 nitrogen and oxygen atoms in total. The van der Waals surface area contributed by atoms with Crippen molar-refractivity contribution in [1.29, 1.82) is 0 Å². The molecule has 0 saturated heterocycles. The van der Waals surface area contributed by atoms with Crippen LogP contribution in [0.3, 0.4) is 0 Å². The number of rotatable bonds is 9. The topological polar surface area (TPSA) is 39.7 Å². The van der Waals surface area contributed by atoms with Crippen LogP contribution >= 0.6 is 0 Å². The van der Waals surface area contributed by atoms with E-state index < -0.39 is 0 Å². The number of ether oxygens (including phenoxy) is 3. The van der Waals surface area contributed by atoms with E-state index in [0.717, 1.165) is 28.5 Å². The van der Waals surface area contributed by atoms with Crippen LogP contribution in [-0.2, 0) is 6.61 Å². The molecule has 0 aliphatic carbocycles. The third kappa shape index (κ3) is 5.68. The minimum atomic E-state index is -0.0183. The van der Waals surface area contributed by atoms with Gasteiger partial charge in [0.15, 0.2) is 11.5 Å². The molecular formula is C23H25NO3. The molecule has 4 heteroatoms. The van der Waals surface area contributed by atoms with Gasteiger partial charge in [-0.25, -0.2) is 0 Å². The molecule has 0 saturated carbocycles. The molecule has 0 aliphatic rings. The van der Waals surface area contributed by atoms with Gasteiger partial charge in [-0.15, -0.1) is 0 Å². The monoisotopic (exact) mass is 363 g/mol. The normalized spacial score (nSPS) is 11.5. The highest BCUT2D eigenvalue weighted by Gasteiger charge is 2.08. The first-order valence-corrected chi connectivity index (χ1v) is 9.05. The van der Waals surface area contributed by atoms with E-state index in [4.69, 9.17) is 14.2 Å². The van der Waals surface area contributed by atoms with Crippen LogP contribution in [0.2, 0.25) is 0 Å². The number of para-hydroxylation sites is 2. The number of benzene rings is 3. The Balaban J connectivity index is 1.52. The Morgan fingerprint density at radius 1 is 0.852 bits per heavy atom. The lowest BCUT2D eigenvalue weighted by Crippen LogP contribution is -2.22. The maximum absolute atomic E-state index is 5.97. The van der Waals surface area contributed by atoms with Gasteiger partial charge in [-0.2, -0.15) is 0 Å². The molecule has 0 bridgehead atoms. The summed E-state index contributed by atoms with van der Waals surface area (Å²) in [5, 5.41) is 3.39. The fourth-order valence-corrected chi connectivity index (χ4v) is 2.67. The van der Waals surface area contributed by atoms with Crippen LogP contribution in [-0.4, -0.2) is 19.8 Å². The maximum atomic E-state index is 5.97. The van der Waals surface area contributed by atoms with Crippen LogP contribution in [0.1, 0.15) is 12.5 Å². The van der Waals surface area contributed by atoms with Crippen molar-refractivity contribution in [3.05, 3.63) is 84.4 Å². The van der Waals surface area contributed by atoms with Crippen molar-refractivity contribution >= 4 is 5.69 Å². The van der Waals surface area contributed by atoms with Crippen molar-refractivity contribution in [2.45, 2.75) is 19.6 Å². The van der Waals surface area contributed by atoms with Gasteiger partial charge in [0.25, 0.3) is 0 Å². The van der Waals surface area contributed by atoms with Crippen molar-refractivity contribution in [2.24, 2.45) is 0 Å². The predicted octanol–water partition coefficient (Wildman–Crippen LogP) is 5.15. The summed E-state index contributed by atoms with van der Waals surface area (Å²) in [6.45, 7) is 3.24. The Morgan fingerprint density at radius 2 is 1.59 bits per heavy atom. The van der Waals surface area contributed by atoms with E-state index in [1.54, 1.807) is 7.11 Å². The third-order valence-corrected chi connectivity index (χ3v) is 4.07. The fraction of sp³-hybridized carbons (Fsp3) is 0.217. The molecule has 0 amide bonds. The lowest BCUT2D eigenvalue weighted by Gasteiger charge is -2.18. The summed E-state index contributed by atoms with van der Waals surface area (Å²) in [7, 11) is 1.64. The van der Waals surface area contributed by atoms with E-state index in [1.807, 2.05) is 73.7 Å². The second-order valence-corrected chi connectivity index (χ2v) is 6.26. The van der Waals surface area contributed by atoms with Gasteiger partial charge in [0.05, 0.1) is 13.7 Å². The van der Waals surface area contributed by atoms with E-state index in [-0.39, 0.29) is 6.10 Å². The first kappa shape index (κ1) is 18.6. The lowest BCUT2D eigenvalue weighted by molar-refractivity contribution is 0.223. The first-order chi connectivity index (χ1) is 13.2. The van der Waals surface area contributed by atoms with Gasteiger partial charge in [-0.1, -0.05) is 48.5 Å². The Morgan fingerprint density at radius 3 is 2.37 bits per heavy atom. The summed E-state index contributed by atoms with van der Waals surface area (Å²) >= 11 is 0. The zero-order valence-corrected chi connectivity index (χ0v) is 15.7. The summed E-state index contributed by atoms with van der Waals surface area (Å²) < 4.78 is 17.2. The number of hydrogen-bond acceptors (Lipinski definition) is 4. The SMILES string of the molecule is COc1ccccc1OC(C)CNc1cccc(OCc2ccccc2)c1. The lowest BCUT2D eigenvalue weighted by atomic mass is 10.2. The first-order valence-electron chi connectivity index (χ1n) is 9.05. The smallest absolute Gasteiger partial charge is 0.161 e. The average Bonchev–Trinajstić information content (AvgIpc) is 2.72. The van der Waals surface area contributed by atoms with E-state index in [0.29, 0.717) is 13.2 Å². The van der Waals surface area contributed by atoms with Gasteiger partial charge in [0.1, 0.15) is 18.5 Å². The van der Waals surface area contributed by atoms with Crippen molar-refractivity contribution in [1.82, 2.24) is 0 Å². The number of methoxy groups -OCH3 is 1. The van der Waals surface area contributed by atoms with Gasteiger partial charge in [-0.05, 0) is 36.8 Å². The standard InChI is InChI=1S/C23H25NO3/c1-18(27-23-14-7-6-13-22(23)25-2)16-24-20-11-8-12-21(15-20)26-17-19-9-4-3-5-10-19/h3-15,18,24H,16-17H2,1-2H3. The molecule has 1 N–H and O–H groups in total. The Bertz CT molecular complexity index is 836. The molecule has 3 rings (SSSR count). The van der Waals surface area contributed by atoms with Gasteiger partial charge in [-0.3, -0.25) is 0 Å². The molecule has 140 valence electrons. The fourth-order valence-electron chi connectivity index (χ4n) is 2.67. The Kier molecular flexibility index (Phi) is 6.58. The van der Waals surface area contributed by atoms with Gasteiger partial charge < -0.3 is 19.5 Å². The molecule has 0 radical (unpaired) electrons. The average molecular weight is 363 g/mol. The minimum absolute atomic E-state index is 0.0183. The molecule has 0 aliphatic heterocycles. The molecule has 0 spiro atoms. The van der Waals surface area contributed by atoms with Crippen molar-refractivity contribution < 1.29 is 14.2 Å². The highest BCUT2D eigenvalue weighted by Crippen LogP contribution is 2.27. The summed E-state index contributed by atoms with van der Waals surface area (Å²) in [4.78, 5) is 0. The molecule has 0 fully saturated rings. The Hall–Kier alpha value is -3.14. The van der Waals surface area contributed by atoms with Gasteiger partial charge >= 0.3 is 0 Å². The largest absolute Gasteiger partial charge is 0.493 e. The summed E-state index contributed by atoms with van der Waals surface area (Å²) in [6, 6.07) is 25.8. The quantitative estimate of drug-likeness (QED) is 0.570. The van der Waals surface area contributed by atoms with E-state index in [1.165, 1.54) is 0 Å². The van der Waals surface area contributed by atoms with Crippen LogP contribution in [0.15, 0.2) is 78.9 Å². The zero-order chi connectivity index (χ0) is 18.9. The maximum Gasteiger partial charge on any atom is 0.161 e. The number of anilines is 1. The van der Waals surface area contributed by atoms with E-state index in [9.17, 15) is 0 Å². The van der Waals surface area contributed by atoms with Crippen LogP contribution in [0.25, 0.3) is 0 Å². The van der Waals surface area contributed by atoms with Crippen LogP contribution in [0, 0.1) is 0 Å². The van der Waals surface area contributed by atoms with Gasteiger partial charge in [0, 0.05) is 11.8 Å². The van der Waals surface area contributed by atoms with E-state index >= 15 is 0 Å². The molecule has 27 heavy (non-hydrogen) atoms. The molecule has 3 aromatic rings. The van der Waals surface area contributed by atoms with Crippen molar-refractivity contribution in [3.63, 3.8) is 0 Å². The molecule has 1 atom stereocenters. The minimum Gasteiger partial charge on any atom is -0.493 e. The Labute approximate surface area is 160 Å². The zero-order valence-electron chi connectivity index (χ0n) is 15.7. The second kappa shape index (κ2) is 9.53. The summed E-state index contributed by atoms with van der Waals surface area (Å²) in [5.74, 6) is 2.32. The highest BCUT2D eigenvalue weighted by molar-refractivity contribution is 5.48. The molecule has 0 aromatic heterocycles. The molecular weight excluding hydrogens is 338 g/mol. The summed E-state index contributed by atoms with van der Waals surface area (Å²) in [5.41, 5.74) is 2.14.